The molecule has 142 valence electrons. The molecule has 7 heteroatoms. The summed E-state index contributed by atoms with van der Waals surface area (Å²) >= 11 is 1.37. The number of nitrogens with one attached hydrogen (secondary N) is 2. The molecule has 2 N–H and O–H groups in total. The Hall–Kier alpha value is -2.12. The molecule has 2 heterocycles. The Labute approximate surface area is 163 Å². The second kappa shape index (κ2) is 8.71. The molecule has 1 aromatic carbocycles. The third-order valence-corrected chi connectivity index (χ3v) is 5.85. The van der Waals surface area contributed by atoms with Crippen molar-refractivity contribution in [2.24, 2.45) is 0 Å². The van der Waals surface area contributed by atoms with Gasteiger partial charge < -0.3 is 10.2 Å². The smallest absolute Gasteiger partial charge is 0.230 e. The van der Waals surface area contributed by atoms with Crippen molar-refractivity contribution in [3.8, 4) is 0 Å². The summed E-state index contributed by atoms with van der Waals surface area (Å²) in [5, 5.41) is 10.8. The number of likely N-dealkylation sites (tertiary alicyclic amines) is 1. The van der Waals surface area contributed by atoms with Crippen LogP contribution < -0.4 is 5.32 Å². The van der Waals surface area contributed by atoms with Gasteiger partial charge in [0.25, 0.3) is 0 Å². The van der Waals surface area contributed by atoms with Gasteiger partial charge in [-0.25, -0.2) is 4.98 Å². The van der Waals surface area contributed by atoms with Crippen molar-refractivity contribution in [3.05, 3.63) is 41.7 Å². The summed E-state index contributed by atoms with van der Waals surface area (Å²) in [5.41, 5.74) is 1.11. The van der Waals surface area contributed by atoms with E-state index < -0.39 is 0 Å². The minimum absolute atomic E-state index is 0.0658. The first kappa shape index (κ1) is 18.3. The summed E-state index contributed by atoms with van der Waals surface area (Å²) in [7, 11) is 0. The number of rotatable bonds is 7. The minimum Gasteiger partial charge on any atom is -0.353 e. The van der Waals surface area contributed by atoms with Crippen LogP contribution in [0.5, 0.6) is 0 Å². The number of amides is 1. The SMILES string of the molecule is O=C(CSc1n[nH]c(/C=C/c2ccccc2)n1)NC1CCN(C2CC2)CC1. The van der Waals surface area contributed by atoms with Gasteiger partial charge in [0.15, 0.2) is 0 Å². The fraction of sp³-hybridized carbons (Fsp3) is 0.450. The molecule has 2 aliphatic rings. The molecule has 1 aromatic heterocycles. The number of H-pyrrole nitrogens is 1. The summed E-state index contributed by atoms with van der Waals surface area (Å²) < 4.78 is 0. The number of aromatic nitrogens is 3. The van der Waals surface area contributed by atoms with E-state index in [1.54, 1.807) is 0 Å². The Morgan fingerprint density at radius 1 is 1.19 bits per heavy atom. The average molecular weight is 384 g/mol. The standard InChI is InChI=1S/C20H25N5OS/c26-19(21-16-10-12-25(13-11-16)17-7-8-17)14-27-20-22-18(23-24-20)9-6-15-4-2-1-3-5-15/h1-6,9,16-17H,7-8,10-14H2,(H,21,26)(H,22,23,24)/b9-6+. The van der Waals surface area contributed by atoms with Crippen molar-refractivity contribution < 1.29 is 4.79 Å². The number of hydrogen-bond acceptors (Lipinski definition) is 5. The van der Waals surface area contributed by atoms with Gasteiger partial charge in [0, 0.05) is 25.2 Å². The van der Waals surface area contributed by atoms with E-state index in [2.05, 4.69) is 25.4 Å². The third kappa shape index (κ3) is 5.43. The van der Waals surface area contributed by atoms with Crippen molar-refractivity contribution >= 4 is 29.8 Å². The van der Waals surface area contributed by atoms with E-state index in [1.807, 2.05) is 42.5 Å². The maximum atomic E-state index is 12.2. The average Bonchev–Trinajstić information content (AvgIpc) is 3.45. The molecule has 4 rings (SSSR count). The highest BCUT2D eigenvalue weighted by molar-refractivity contribution is 7.99. The van der Waals surface area contributed by atoms with Gasteiger partial charge in [-0.2, -0.15) is 0 Å². The van der Waals surface area contributed by atoms with Crippen LogP contribution in [0.2, 0.25) is 0 Å². The number of thioether (sulfide) groups is 1. The van der Waals surface area contributed by atoms with E-state index in [-0.39, 0.29) is 5.91 Å². The highest BCUT2D eigenvalue weighted by Crippen LogP contribution is 2.29. The van der Waals surface area contributed by atoms with Gasteiger partial charge in [-0.05, 0) is 37.3 Å². The number of hydrogen-bond donors (Lipinski definition) is 2. The number of benzene rings is 1. The molecular formula is C20H25N5OS. The van der Waals surface area contributed by atoms with Crippen molar-refractivity contribution in [2.45, 2.75) is 42.9 Å². The molecule has 1 saturated heterocycles. The lowest BCUT2D eigenvalue weighted by Crippen LogP contribution is -2.45. The largest absolute Gasteiger partial charge is 0.353 e. The molecule has 1 aliphatic heterocycles. The van der Waals surface area contributed by atoms with Gasteiger partial charge >= 0.3 is 0 Å². The van der Waals surface area contributed by atoms with Gasteiger partial charge in [-0.15, -0.1) is 5.10 Å². The van der Waals surface area contributed by atoms with Crippen LogP contribution in [0, 0.1) is 0 Å². The maximum Gasteiger partial charge on any atom is 0.230 e. The molecule has 1 aliphatic carbocycles. The van der Waals surface area contributed by atoms with Crippen LogP contribution in [0.15, 0.2) is 35.5 Å². The number of piperidine rings is 1. The van der Waals surface area contributed by atoms with Crippen molar-refractivity contribution in [2.75, 3.05) is 18.8 Å². The molecule has 1 amide bonds. The molecule has 0 unspecified atom stereocenters. The van der Waals surface area contributed by atoms with Gasteiger partial charge in [0.05, 0.1) is 5.75 Å². The van der Waals surface area contributed by atoms with Crippen LogP contribution >= 0.6 is 11.8 Å². The summed E-state index contributed by atoms with van der Waals surface area (Å²) in [4.78, 5) is 19.2. The van der Waals surface area contributed by atoms with E-state index in [4.69, 9.17) is 0 Å². The molecule has 0 radical (unpaired) electrons. The topological polar surface area (TPSA) is 73.9 Å². The first-order chi connectivity index (χ1) is 13.3. The zero-order chi connectivity index (χ0) is 18.5. The molecule has 2 aromatic rings. The third-order valence-electron chi connectivity index (χ3n) is 5.01. The molecule has 0 atom stereocenters. The van der Waals surface area contributed by atoms with E-state index >= 15 is 0 Å². The molecule has 0 bridgehead atoms. The molecule has 2 fully saturated rings. The molecule has 0 spiro atoms. The van der Waals surface area contributed by atoms with E-state index in [0.29, 0.717) is 22.8 Å². The summed E-state index contributed by atoms with van der Waals surface area (Å²) in [6.07, 6.45) is 8.69. The van der Waals surface area contributed by atoms with Crippen LogP contribution in [0.4, 0.5) is 0 Å². The van der Waals surface area contributed by atoms with E-state index in [9.17, 15) is 4.79 Å². The van der Waals surface area contributed by atoms with E-state index in [0.717, 1.165) is 37.5 Å². The fourth-order valence-electron chi connectivity index (χ4n) is 3.38. The lowest BCUT2D eigenvalue weighted by atomic mass is 10.1. The number of aromatic amines is 1. The van der Waals surface area contributed by atoms with Gasteiger partial charge in [-0.1, -0.05) is 48.2 Å². The maximum absolute atomic E-state index is 12.2. The summed E-state index contributed by atoms with van der Waals surface area (Å²) in [6.45, 7) is 2.22. The Kier molecular flexibility index (Phi) is 5.89. The van der Waals surface area contributed by atoms with Crippen LogP contribution in [-0.4, -0.2) is 56.9 Å². The highest BCUT2D eigenvalue weighted by atomic mass is 32.2. The zero-order valence-electron chi connectivity index (χ0n) is 15.3. The second-order valence-electron chi connectivity index (χ2n) is 7.14. The Balaban J connectivity index is 1.19. The summed E-state index contributed by atoms with van der Waals surface area (Å²) in [5.74, 6) is 1.10. The number of carbonyl (C=O) groups is 1. The van der Waals surface area contributed by atoms with Crippen molar-refractivity contribution in [1.29, 1.82) is 0 Å². The first-order valence-corrected chi connectivity index (χ1v) is 10.6. The highest BCUT2D eigenvalue weighted by Gasteiger charge is 2.32. The Morgan fingerprint density at radius 2 is 1.96 bits per heavy atom. The zero-order valence-corrected chi connectivity index (χ0v) is 16.1. The summed E-state index contributed by atoms with van der Waals surface area (Å²) in [6, 6.07) is 11.2. The second-order valence-corrected chi connectivity index (χ2v) is 8.09. The Morgan fingerprint density at radius 3 is 2.70 bits per heavy atom. The number of carbonyl (C=O) groups excluding carboxylic acids is 1. The molecule has 6 nitrogen and oxygen atoms in total. The minimum atomic E-state index is 0.0658. The first-order valence-electron chi connectivity index (χ1n) is 9.58. The molecule has 1 saturated carbocycles. The lowest BCUT2D eigenvalue weighted by Gasteiger charge is -2.32. The van der Waals surface area contributed by atoms with Crippen LogP contribution in [0.3, 0.4) is 0 Å². The quantitative estimate of drug-likeness (QED) is 0.719. The van der Waals surface area contributed by atoms with Crippen LogP contribution in [-0.2, 0) is 4.79 Å². The predicted molar refractivity (Wildman–Crippen MR) is 108 cm³/mol. The van der Waals surface area contributed by atoms with Crippen molar-refractivity contribution in [1.82, 2.24) is 25.4 Å². The van der Waals surface area contributed by atoms with Gasteiger partial charge in [0.1, 0.15) is 5.82 Å². The van der Waals surface area contributed by atoms with Gasteiger partial charge in [0.2, 0.25) is 11.1 Å². The van der Waals surface area contributed by atoms with Crippen LogP contribution in [0.1, 0.15) is 37.1 Å². The molecule has 27 heavy (non-hydrogen) atoms. The predicted octanol–water partition coefficient (Wildman–Crippen LogP) is 2.81. The van der Waals surface area contributed by atoms with Crippen LogP contribution in [0.25, 0.3) is 12.2 Å². The normalized spacial score (nSPS) is 18.8. The lowest BCUT2D eigenvalue weighted by molar-refractivity contribution is -0.119. The van der Waals surface area contributed by atoms with Gasteiger partial charge in [-0.3, -0.25) is 9.89 Å². The van der Waals surface area contributed by atoms with E-state index in [1.165, 1.54) is 24.6 Å². The number of nitrogens with zero attached hydrogens (tertiary/aromatic N) is 3. The Bertz CT molecular complexity index is 779. The fourth-order valence-corrected chi connectivity index (χ4v) is 4.00. The molecular weight excluding hydrogens is 358 g/mol. The monoisotopic (exact) mass is 383 g/mol. The van der Waals surface area contributed by atoms with Crippen molar-refractivity contribution in [3.63, 3.8) is 0 Å².